The predicted molar refractivity (Wildman–Crippen MR) is 66.3 cm³/mol. The highest BCUT2D eigenvalue weighted by atomic mass is 79.9. The number of carbonyl (C=O) groups is 1. The summed E-state index contributed by atoms with van der Waals surface area (Å²) in [5.74, 6) is -0.225. The number of nitrogens with one attached hydrogen (secondary N) is 1. The lowest BCUT2D eigenvalue weighted by Gasteiger charge is -2.10. The molecule has 0 fully saturated rings. The normalized spacial score (nSPS) is 11.6. The van der Waals surface area contributed by atoms with Crippen molar-refractivity contribution in [2.24, 2.45) is 0 Å². The molecule has 1 N–H and O–H groups in total. The zero-order chi connectivity index (χ0) is 12.1. The van der Waals surface area contributed by atoms with Crippen LogP contribution in [-0.4, -0.2) is 11.9 Å². The van der Waals surface area contributed by atoms with Crippen molar-refractivity contribution in [2.75, 3.05) is 0 Å². The highest BCUT2D eigenvalue weighted by molar-refractivity contribution is 9.10. The van der Waals surface area contributed by atoms with Crippen LogP contribution < -0.4 is 5.32 Å². The topological polar surface area (TPSA) is 52.9 Å². The molecule has 0 aliphatic carbocycles. The molecule has 5 heteroatoms. The Balaban J connectivity index is 2.74. The summed E-state index contributed by atoms with van der Waals surface area (Å²) in [5.41, 5.74) is 0.484. The Morgan fingerprint density at radius 2 is 2.38 bits per heavy atom. The SMILES string of the molecule is CC(CC#N)NC(=O)c1ccc(Br)c(Cl)c1. The van der Waals surface area contributed by atoms with Gasteiger partial charge in [0, 0.05) is 16.1 Å². The second-order valence-electron chi connectivity index (χ2n) is 3.37. The van der Waals surface area contributed by atoms with Gasteiger partial charge in [-0.05, 0) is 41.1 Å². The molecule has 0 aromatic heterocycles. The average Bonchev–Trinajstić information content (AvgIpc) is 2.22. The number of nitriles is 1. The lowest BCUT2D eigenvalue weighted by atomic mass is 10.2. The fraction of sp³-hybridized carbons (Fsp3) is 0.273. The number of rotatable bonds is 3. The number of carbonyl (C=O) groups excluding carboxylic acids is 1. The number of nitrogens with zero attached hydrogens (tertiary/aromatic N) is 1. The predicted octanol–water partition coefficient (Wildman–Crippen LogP) is 3.13. The van der Waals surface area contributed by atoms with Crippen LogP contribution in [-0.2, 0) is 0 Å². The number of amides is 1. The fourth-order valence-electron chi connectivity index (χ4n) is 1.13. The summed E-state index contributed by atoms with van der Waals surface area (Å²) in [6.45, 7) is 1.78. The van der Waals surface area contributed by atoms with Gasteiger partial charge in [-0.2, -0.15) is 5.26 Å². The van der Waals surface area contributed by atoms with Crippen LogP contribution in [0.15, 0.2) is 22.7 Å². The Kier molecular flexibility index (Phi) is 4.78. The van der Waals surface area contributed by atoms with E-state index in [0.29, 0.717) is 10.6 Å². The van der Waals surface area contributed by atoms with Crippen molar-refractivity contribution in [1.82, 2.24) is 5.32 Å². The molecule has 0 radical (unpaired) electrons. The van der Waals surface area contributed by atoms with E-state index in [-0.39, 0.29) is 18.4 Å². The molecule has 0 saturated heterocycles. The Hall–Kier alpha value is -1.05. The lowest BCUT2D eigenvalue weighted by Crippen LogP contribution is -2.32. The van der Waals surface area contributed by atoms with Gasteiger partial charge in [-0.15, -0.1) is 0 Å². The maximum Gasteiger partial charge on any atom is 0.251 e. The first-order valence-corrected chi connectivity index (χ1v) is 5.84. The van der Waals surface area contributed by atoms with Crippen molar-refractivity contribution in [3.63, 3.8) is 0 Å². The molecule has 3 nitrogen and oxygen atoms in total. The van der Waals surface area contributed by atoms with Gasteiger partial charge in [0.15, 0.2) is 0 Å². The van der Waals surface area contributed by atoms with Crippen LogP contribution in [0, 0.1) is 11.3 Å². The van der Waals surface area contributed by atoms with Gasteiger partial charge in [0.2, 0.25) is 0 Å². The Bertz CT molecular complexity index is 442. The highest BCUT2D eigenvalue weighted by Crippen LogP contribution is 2.23. The van der Waals surface area contributed by atoms with Crippen molar-refractivity contribution in [3.8, 4) is 6.07 Å². The van der Waals surface area contributed by atoms with Gasteiger partial charge in [-0.1, -0.05) is 11.6 Å². The zero-order valence-corrected chi connectivity index (χ0v) is 11.0. The maximum atomic E-state index is 11.7. The van der Waals surface area contributed by atoms with E-state index in [2.05, 4.69) is 21.2 Å². The third-order valence-corrected chi connectivity index (χ3v) is 3.19. The van der Waals surface area contributed by atoms with E-state index >= 15 is 0 Å². The molecule has 0 saturated carbocycles. The minimum Gasteiger partial charge on any atom is -0.349 e. The van der Waals surface area contributed by atoms with Crippen molar-refractivity contribution in [2.45, 2.75) is 19.4 Å². The molecule has 1 atom stereocenters. The summed E-state index contributed by atoms with van der Waals surface area (Å²) in [5, 5.41) is 11.7. The van der Waals surface area contributed by atoms with Crippen LogP contribution in [0.2, 0.25) is 5.02 Å². The fourth-order valence-corrected chi connectivity index (χ4v) is 1.56. The van der Waals surface area contributed by atoms with E-state index in [1.165, 1.54) is 0 Å². The minimum atomic E-state index is -0.225. The molecule has 1 rings (SSSR count). The van der Waals surface area contributed by atoms with Crippen LogP contribution in [0.25, 0.3) is 0 Å². The van der Waals surface area contributed by atoms with Crippen molar-refractivity contribution < 1.29 is 4.79 Å². The summed E-state index contributed by atoms with van der Waals surface area (Å²) < 4.78 is 0.746. The van der Waals surface area contributed by atoms with Crippen molar-refractivity contribution in [1.29, 1.82) is 5.26 Å². The molecular weight excluding hydrogens is 291 g/mol. The summed E-state index contributed by atoms with van der Waals surface area (Å²) in [7, 11) is 0. The first kappa shape index (κ1) is 13.0. The van der Waals surface area contributed by atoms with Crippen LogP contribution in [0.4, 0.5) is 0 Å². The Morgan fingerprint density at radius 1 is 1.69 bits per heavy atom. The number of benzene rings is 1. The first-order valence-electron chi connectivity index (χ1n) is 4.67. The third kappa shape index (κ3) is 3.51. The van der Waals surface area contributed by atoms with Gasteiger partial charge in [-0.25, -0.2) is 0 Å². The third-order valence-electron chi connectivity index (χ3n) is 1.96. The molecule has 1 aromatic carbocycles. The second-order valence-corrected chi connectivity index (χ2v) is 4.63. The molecule has 1 aromatic rings. The maximum absolute atomic E-state index is 11.7. The monoisotopic (exact) mass is 300 g/mol. The van der Waals surface area contributed by atoms with E-state index < -0.39 is 0 Å². The summed E-state index contributed by atoms with van der Waals surface area (Å²) in [6, 6.07) is 6.80. The van der Waals surface area contributed by atoms with Gasteiger partial charge >= 0.3 is 0 Å². The van der Waals surface area contributed by atoms with Gasteiger partial charge in [0.1, 0.15) is 0 Å². The summed E-state index contributed by atoms with van der Waals surface area (Å²) >= 11 is 9.12. The van der Waals surface area contributed by atoms with E-state index in [4.69, 9.17) is 16.9 Å². The van der Waals surface area contributed by atoms with E-state index in [1.807, 2.05) is 6.07 Å². The molecule has 1 unspecified atom stereocenters. The molecule has 1 amide bonds. The highest BCUT2D eigenvalue weighted by Gasteiger charge is 2.10. The van der Waals surface area contributed by atoms with Crippen LogP contribution in [0.5, 0.6) is 0 Å². The van der Waals surface area contributed by atoms with Crippen molar-refractivity contribution >= 4 is 33.4 Å². The summed E-state index contributed by atoms with van der Waals surface area (Å²) in [4.78, 5) is 11.7. The Labute approximate surface area is 108 Å². The van der Waals surface area contributed by atoms with Gasteiger partial charge in [0.05, 0.1) is 17.5 Å². The molecule has 0 aliphatic heterocycles. The standard InChI is InChI=1S/C11H10BrClN2O/c1-7(4-5-14)15-11(16)8-2-3-9(12)10(13)6-8/h2-3,6-7H,4H2,1H3,(H,15,16). The van der Waals surface area contributed by atoms with Crippen LogP contribution in [0.1, 0.15) is 23.7 Å². The van der Waals surface area contributed by atoms with Crippen LogP contribution in [0.3, 0.4) is 0 Å². The minimum absolute atomic E-state index is 0.167. The zero-order valence-electron chi connectivity index (χ0n) is 8.63. The molecular formula is C11H10BrClN2O. The molecule has 0 bridgehead atoms. The van der Waals surface area contributed by atoms with E-state index in [1.54, 1.807) is 25.1 Å². The first-order chi connectivity index (χ1) is 7.54. The van der Waals surface area contributed by atoms with Gasteiger partial charge in [-0.3, -0.25) is 4.79 Å². The lowest BCUT2D eigenvalue weighted by molar-refractivity contribution is 0.0941. The molecule has 16 heavy (non-hydrogen) atoms. The Morgan fingerprint density at radius 3 is 2.94 bits per heavy atom. The van der Waals surface area contributed by atoms with Crippen LogP contribution >= 0.6 is 27.5 Å². The van der Waals surface area contributed by atoms with Gasteiger partial charge < -0.3 is 5.32 Å². The van der Waals surface area contributed by atoms with Gasteiger partial charge in [0.25, 0.3) is 5.91 Å². The molecule has 0 aliphatic rings. The summed E-state index contributed by atoms with van der Waals surface area (Å²) in [6.07, 6.45) is 0.288. The number of hydrogen-bond donors (Lipinski definition) is 1. The number of hydrogen-bond acceptors (Lipinski definition) is 2. The number of halogens is 2. The largest absolute Gasteiger partial charge is 0.349 e. The quantitative estimate of drug-likeness (QED) is 0.932. The van der Waals surface area contributed by atoms with Crippen molar-refractivity contribution in [3.05, 3.63) is 33.3 Å². The smallest absolute Gasteiger partial charge is 0.251 e. The second kappa shape index (κ2) is 5.88. The van der Waals surface area contributed by atoms with E-state index in [9.17, 15) is 4.79 Å². The van der Waals surface area contributed by atoms with E-state index in [0.717, 1.165) is 4.47 Å². The molecule has 0 spiro atoms. The molecule has 0 heterocycles. The molecule has 84 valence electrons. The average molecular weight is 302 g/mol.